The van der Waals surface area contributed by atoms with E-state index in [1.807, 2.05) is 6.07 Å². The first-order valence-electron chi connectivity index (χ1n) is 9.72. The van der Waals surface area contributed by atoms with Crippen molar-refractivity contribution in [3.63, 3.8) is 0 Å². The molecular weight excluding hydrogens is 324 g/mol. The van der Waals surface area contributed by atoms with Crippen molar-refractivity contribution < 1.29 is 9.47 Å². The Morgan fingerprint density at radius 2 is 1.92 bits per heavy atom. The van der Waals surface area contributed by atoms with E-state index in [0.29, 0.717) is 18.8 Å². The van der Waals surface area contributed by atoms with Crippen LogP contribution in [0.4, 0.5) is 0 Å². The second-order valence-electron chi connectivity index (χ2n) is 7.28. The summed E-state index contributed by atoms with van der Waals surface area (Å²) in [7, 11) is 0. The average molecular weight is 352 g/mol. The predicted octanol–water partition coefficient (Wildman–Crippen LogP) is 3.77. The first kappa shape index (κ1) is 17.4. The number of nitrogens with one attached hydrogen (secondary N) is 1. The molecule has 26 heavy (non-hydrogen) atoms. The zero-order valence-corrected chi connectivity index (χ0v) is 15.5. The van der Waals surface area contributed by atoms with E-state index < -0.39 is 0 Å². The van der Waals surface area contributed by atoms with E-state index >= 15 is 0 Å². The molecule has 0 amide bonds. The van der Waals surface area contributed by atoms with Crippen molar-refractivity contribution in [1.29, 1.82) is 0 Å². The van der Waals surface area contributed by atoms with Crippen LogP contribution in [0.3, 0.4) is 0 Å². The molecule has 0 aliphatic carbocycles. The van der Waals surface area contributed by atoms with Crippen LogP contribution in [0.1, 0.15) is 36.8 Å². The number of hydrogen-bond acceptors (Lipinski definition) is 4. The van der Waals surface area contributed by atoms with Gasteiger partial charge in [-0.3, -0.25) is 0 Å². The first-order valence-corrected chi connectivity index (χ1v) is 9.72. The fourth-order valence-electron chi connectivity index (χ4n) is 4.12. The van der Waals surface area contributed by atoms with Crippen LogP contribution in [0.15, 0.2) is 48.5 Å². The zero-order chi connectivity index (χ0) is 17.8. The summed E-state index contributed by atoms with van der Waals surface area (Å²) in [6.45, 7) is 6.96. The third-order valence-corrected chi connectivity index (χ3v) is 5.47. The average Bonchev–Trinajstić information content (AvgIpc) is 3.16. The predicted molar refractivity (Wildman–Crippen MR) is 104 cm³/mol. The molecule has 1 fully saturated rings. The van der Waals surface area contributed by atoms with Crippen LogP contribution in [0.25, 0.3) is 0 Å². The van der Waals surface area contributed by atoms with Crippen LogP contribution < -0.4 is 14.8 Å². The summed E-state index contributed by atoms with van der Waals surface area (Å²) < 4.78 is 10.9. The molecule has 0 bridgehead atoms. The summed E-state index contributed by atoms with van der Waals surface area (Å²) in [4.78, 5) is 2.61. The van der Waals surface area contributed by atoms with Crippen molar-refractivity contribution in [1.82, 2.24) is 10.2 Å². The normalized spacial score (nSPS) is 22.5. The van der Waals surface area contributed by atoms with Gasteiger partial charge >= 0.3 is 0 Å². The first-order chi connectivity index (χ1) is 12.8. The molecule has 2 aromatic carbocycles. The van der Waals surface area contributed by atoms with Gasteiger partial charge in [0, 0.05) is 25.0 Å². The van der Waals surface area contributed by atoms with Gasteiger partial charge in [0.1, 0.15) is 0 Å². The summed E-state index contributed by atoms with van der Waals surface area (Å²) in [6.07, 6.45) is 2.40. The molecular formula is C22H28N2O2. The molecule has 1 saturated heterocycles. The molecule has 138 valence electrons. The molecule has 2 atom stereocenters. The largest absolute Gasteiger partial charge is 0.454 e. The third kappa shape index (κ3) is 3.87. The van der Waals surface area contributed by atoms with Crippen LogP contribution in [0, 0.1) is 0 Å². The lowest BCUT2D eigenvalue weighted by Gasteiger charge is -2.39. The summed E-state index contributed by atoms with van der Waals surface area (Å²) in [6, 6.07) is 17.7. The second kappa shape index (κ2) is 8.11. The van der Waals surface area contributed by atoms with Gasteiger partial charge in [0.25, 0.3) is 0 Å². The van der Waals surface area contributed by atoms with Crippen molar-refractivity contribution in [2.75, 3.05) is 26.4 Å². The number of benzene rings is 2. The van der Waals surface area contributed by atoms with Crippen LogP contribution in [-0.2, 0) is 6.54 Å². The van der Waals surface area contributed by atoms with Crippen molar-refractivity contribution in [2.24, 2.45) is 0 Å². The Labute approximate surface area is 156 Å². The molecule has 1 N–H and O–H groups in total. The van der Waals surface area contributed by atoms with E-state index in [4.69, 9.17) is 9.47 Å². The topological polar surface area (TPSA) is 33.7 Å². The number of hydrogen-bond donors (Lipinski definition) is 1. The number of rotatable bonds is 6. The van der Waals surface area contributed by atoms with Gasteiger partial charge in [-0.05, 0) is 49.2 Å². The zero-order valence-electron chi connectivity index (χ0n) is 15.5. The quantitative estimate of drug-likeness (QED) is 0.858. The lowest BCUT2D eigenvalue weighted by Crippen LogP contribution is -2.48. The van der Waals surface area contributed by atoms with Gasteiger partial charge < -0.3 is 19.7 Å². The maximum absolute atomic E-state index is 5.51. The van der Waals surface area contributed by atoms with Gasteiger partial charge in [-0.1, -0.05) is 43.3 Å². The third-order valence-electron chi connectivity index (χ3n) is 5.47. The lowest BCUT2D eigenvalue weighted by atomic mass is 9.85. The van der Waals surface area contributed by atoms with Crippen LogP contribution in [-0.4, -0.2) is 37.4 Å². The Morgan fingerprint density at radius 1 is 1.08 bits per heavy atom. The minimum atomic E-state index is 0.332. The van der Waals surface area contributed by atoms with E-state index in [1.165, 1.54) is 37.1 Å². The summed E-state index contributed by atoms with van der Waals surface area (Å²) in [5.74, 6) is 2.25. The summed E-state index contributed by atoms with van der Waals surface area (Å²) >= 11 is 0. The molecule has 2 aliphatic rings. The van der Waals surface area contributed by atoms with E-state index in [2.05, 4.69) is 59.6 Å². The lowest BCUT2D eigenvalue weighted by molar-refractivity contribution is 0.173. The number of ether oxygens (including phenoxy) is 2. The van der Waals surface area contributed by atoms with Crippen molar-refractivity contribution in [3.8, 4) is 11.5 Å². The molecule has 0 spiro atoms. The number of nitrogens with zero attached hydrogens (tertiary/aromatic N) is 1. The van der Waals surface area contributed by atoms with E-state index in [9.17, 15) is 0 Å². The Morgan fingerprint density at radius 3 is 2.77 bits per heavy atom. The molecule has 4 rings (SSSR count). The fraction of sp³-hybridized carbons (Fsp3) is 0.455. The van der Waals surface area contributed by atoms with Gasteiger partial charge in [0.05, 0.1) is 0 Å². The minimum absolute atomic E-state index is 0.332. The maximum atomic E-state index is 5.51. The molecule has 2 unspecified atom stereocenters. The van der Waals surface area contributed by atoms with Crippen LogP contribution >= 0.6 is 0 Å². The van der Waals surface area contributed by atoms with Gasteiger partial charge in [0.15, 0.2) is 11.5 Å². The molecule has 0 radical (unpaired) electrons. The van der Waals surface area contributed by atoms with E-state index in [1.54, 1.807) is 0 Å². The summed E-state index contributed by atoms with van der Waals surface area (Å²) in [5, 5.41) is 3.82. The van der Waals surface area contributed by atoms with Crippen molar-refractivity contribution in [3.05, 3.63) is 59.7 Å². The number of piperidine rings is 1. The highest BCUT2D eigenvalue weighted by Gasteiger charge is 2.29. The summed E-state index contributed by atoms with van der Waals surface area (Å²) in [5.41, 5.74) is 2.69. The Kier molecular flexibility index (Phi) is 5.42. The van der Waals surface area contributed by atoms with Gasteiger partial charge in [-0.2, -0.15) is 0 Å². The van der Waals surface area contributed by atoms with E-state index in [0.717, 1.165) is 24.6 Å². The fourth-order valence-corrected chi connectivity index (χ4v) is 4.12. The van der Waals surface area contributed by atoms with Gasteiger partial charge in [-0.25, -0.2) is 0 Å². The van der Waals surface area contributed by atoms with Crippen molar-refractivity contribution >= 4 is 0 Å². The molecule has 4 nitrogen and oxygen atoms in total. The highest BCUT2D eigenvalue weighted by molar-refractivity contribution is 5.44. The van der Waals surface area contributed by atoms with Gasteiger partial charge in [-0.15, -0.1) is 0 Å². The number of likely N-dealkylation sites (tertiary alicyclic amines) is 1. The second-order valence-corrected chi connectivity index (χ2v) is 7.28. The highest BCUT2D eigenvalue weighted by Crippen LogP contribution is 2.33. The monoisotopic (exact) mass is 352 g/mol. The smallest absolute Gasteiger partial charge is 0.231 e. The molecule has 2 aliphatic heterocycles. The Bertz CT molecular complexity index is 719. The van der Waals surface area contributed by atoms with E-state index in [-0.39, 0.29) is 0 Å². The standard InChI is InChI=1S/C22H28N2O2/c1-2-11-24-12-10-20(19(15-24)18-6-4-3-5-7-18)23-14-17-8-9-21-22(13-17)26-16-25-21/h3-9,13,19-20,23H,2,10-12,14-16H2,1H3. The Balaban J connectivity index is 1.45. The highest BCUT2D eigenvalue weighted by atomic mass is 16.7. The SMILES string of the molecule is CCCN1CCC(NCc2ccc3c(c2)OCO3)C(c2ccccc2)C1. The Hall–Kier alpha value is -2.04. The molecule has 0 saturated carbocycles. The molecule has 2 heterocycles. The number of fused-ring (bicyclic) bond motifs is 1. The molecule has 2 aromatic rings. The van der Waals surface area contributed by atoms with Gasteiger partial charge in [0.2, 0.25) is 6.79 Å². The molecule has 4 heteroatoms. The minimum Gasteiger partial charge on any atom is -0.454 e. The van der Waals surface area contributed by atoms with Crippen LogP contribution in [0.5, 0.6) is 11.5 Å². The van der Waals surface area contributed by atoms with Crippen molar-refractivity contribution in [2.45, 2.75) is 38.3 Å². The maximum Gasteiger partial charge on any atom is 0.231 e. The molecule has 0 aromatic heterocycles. The van der Waals surface area contributed by atoms with Crippen LogP contribution in [0.2, 0.25) is 0 Å².